The topological polar surface area (TPSA) is 51.4 Å². The van der Waals surface area contributed by atoms with Crippen LogP contribution < -0.4 is 21.7 Å². The molecule has 4 unspecified atom stereocenters. The second-order valence-corrected chi connectivity index (χ2v) is 7.86. The molecule has 5 nitrogen and oxygen atoms in total. The van der Waals surface area contributed by atoms with E-state index in [-0.39, 0.29) is 0 Å². The fourth-order valence-electron chi connectivity index (χ4n) is 4.08. The molecule has 0 spiro atoms. The van der Waals surface area contributed by atoms with Crippen LogP contribution in [0.4, 0.5) is 0 Å². The van der Waals surface area contributed by atoms with Crippen molar-refractivity contribution >= 4 is 0 Å². The van der Waals surface area contributed by atoms with E-state index in [0.717, 1.165) is 19.6 Å². The second-order valence-electron chi connectivity index (χ2n) is 7.86. The van der Waals surface area contributed by atoms with Crippen LogP contribution in [0.15, 0.2) is 18.2 Å². The molecule has 1 aromatic carbocycles. The summed E-state index contributed by atoms with van der Waals surface area (Å²) in [4.78, 5) is 2.50. The SMILES string of the molecule is Cc1ccc(C2NNCC2CN(C)CC2C(C)NNC2C)cc1C. The second kappa shape index (κ2) is 7.50. The van der Waals surface area contributed by atoms with Gasteiger partial charge in [-0.15, -0.1) is 0 Å². The van der Waals surface area contributed by atoms with Gasteiger partial charge in [0.25, 0.3) is 0 Å². The zero-order valence-electron chi connectivity index (χ0n) is 15.7. The van der Waals surface area contributed by atoms with Gasteiger partial charge in [-0.2, -0.15) is 0 Å². The number of hydrogen-bond acceptors (Lipinski definition) is 5. The van der Waals surface area contributed by atoms with Crippen LogP contribution >= 0.6 is 0 Å². The van der Waals surface area contributed by atoms with Crippen molar-refractivity contribution in [2.45, 2.75) is 45.8 Å². The Bertz CT molecular complexity index is 551. The van der Waals surface area contributed by atoms with Crippen molar-refractivity contribution < 1.29 is 0 Å². The molecule has 2 saturated heterocycles. The molecule has 2 aliphatic rings. The monoisotopic (exact) mass is 331 g/mol. The molecule has 0 aromatic heterocycles. The zero-order chi connectivity index (χ0) is 17.3. The van der Waals surface area contributed by atoms with Crippen LogP contribution in [0.2, 0.25) is 0 Å². The standard InChI is InChI=1S/C19H33N5/c1-12-6-7-16(8-13(12)2)19-17(9-20-23-19)10-24(5)11-18-14(3)21-22-15(18)4/h6-8,14-15,17-23H,9-11H2,1-5H3. The number of aryl methyl sites for hydroxylation is 2. The van der Waals surface area contributed by atoms with Gasteiger partial charge in [-0.3, -0.25) is 16.3 Å². The third-order valence-corrected chi connectivity index (χ3v) is 5.88. The highest BCUT2D eigenvalue weighted by Gasteiger charge is 2.33. The van der Waals surface area contributed by atoms with Crippen LogP contribution in [-0.2, 0) is 0 Å². The molecular weight excluding hydrogens is 298 g/mol. The molecule has 2 aliphatic heterocycles. The van der Waals surface area contributed by atoms with Crippen LogP contribution in [-0.4, -0.2) is 43.7 Å². The number of hydrazine groups is 2. The Balaban J connectivity index is 1.62. The van der Waals surface area contributed by atoms with E-state index in [2.05, 4.69) is 79.5 Å². The van der Waals surface area contributed by atoms with Gasteiger partial charge in [0.1, 0.15) is 0 Å². The summed E-state index contributed by atoms with van der Waals surface area (Å²) in [5, 5.41) is 0. The quantitative estimate of drug-likeness (QED) is 0.659. The van der Waals surface area contributed by atoms with Crippen molar-refractivity contribution in [3.8, 4) is 0 Å². The van der Waals surface area contributed by atoms with E-state index in [1.807, 2.05) is 0 Å². The van der Waals surface area contributed by atoms with Crippen molar-refractivity contribution in [1.82, 2.24) is 26.6 Å². The highest BCUT2D eigenvalue weighted by molar-refractivity contribution is 5.32. The lowest BCUT2D eigenvalue weighted by Crippen LogP contribution is -2.38. The lowest BCUT2D eigenvalue weighted by molar-refractivity contribution is 0.219. The lowest BCUT2D eigenvalue weighted by atomic mass is 9.91. The van der Waals surface area contributed by atoms with Crippen molar-refractivity contribution in [2.24, 2.45) is 11.8 Å². The third-order valence-electron chi connectivity index (χ3n) is 5.88. The van der Waals surface area contributed by atoms with Gasteiger partial charge in [0, 0.05) is 43.6 Å². The molecule has 0 aliphatic carbocycles. The molecule has 0 bridgehead atoms. The lowest BCUT2D eigenvalue weighted by Gasteiger charge is -2.29. The first-order chi connectivity index (χ1) is 11.5. The van der Waals surface area contributed by atoms with Crippen molar-refractivity contribution in [2.75, 3.05) is 26.7 Å². The normalized spacial score (nSPS) is 33.5. The highest BCUT2D eigenvalue weighted by Crippen LogP contribution is 2.27. The molecule has 0 saturated carbocycles. The predicted molar refractivity (Wildman–Crippen MR) is 99.5 cm³/mol. The Morgan fingerprint density at radius 1 is 1.00 bits per heavy atom. The van der Waals surface area contributed by atoms with Crippen molar-refractivity contribution in [3.63, 3.8) is 0 Å². The van der Waals surface area contributed by atoms with Gasteiger partial charge in [-0.1, -0.05) is 18.2 Å². The fraction of sp³-hybridized carbons (Fsp3) is 0.684. The van der Waals surface area contributed by atoms with Crippen LogP contribution in [0, 0.1) is 25.7 Å². The number of hydrogen-bond donors (Lipinski definition) is 4. The number of nitrogens with zero attached hydrogens (tertiary/aromatic N) is 1. The minimum absolute atomic E-state index is 0.390. The third kappa shape index (κ3) is 3.81. The highest BCUT2D eigenvalue weighted by atomic mass is 15.4. The number of rotatable bonds is 5. The molecule has 2 fully saturated rings. The van der Waals surface area contributed by atoms with Crippen LogP contribution in [0.25, 0.3) is 0 Å². The van der Waals surface area contributed by atoms with E-state index in [9.17, 15) is 0 Å². The fourth-order valence-corrected chi connectivity index (χ4v) is 4.08. The van der Waals surface area contributed by atoms with Crippen LogP contribution in [0.5, 0.6) is 0 Å². The zero-order valence-corrected chi connectivity index (χ0v) is 15.7. The summed E-state index contributed by atoms with van der Waals surface area (Å²) in [7, 11) is 2.26. The molecule has 134 valence electrons. The average molecular weight is 332 g/mol. The molecule has 3 rings (SSSR count). The Kier molecular flexibility index (Phi) is 5.57. The Hall–Kier alpha value is -0.980. The smallest absolute Gasteiger partial charge is 0.0515 e. The van der Waals surface area contributed by atoms with E-state index >= 15 is 0 Å². The van der Waals surface area contributed by atoms with Gasteiger partial charge in [-0.25, -0.2) is 5.43 Å². The first-order valence-electron chi connectivity index (χ1n) is 9.21. The Morgan fingerprint density at radius 3 is 2.38 bits per heavy atom. The first kappa shape index (κ1) is 17.8. The summed E-state index contributed by atoms with van der Waals surface area (Å²) >= 11 is 0. The number of nitrogens with one attached hydrogen (secondary N) is 4. The van der Waals surface area contributed by atoms with E-state index in [0.29, 0.717) is 30.0 Å². The first-order valence-corrected chi connectivity index (χ1v) is 9.21. The van der Waals surface area contributed by atoms with E-state index in [4.69, 9.17) is 0 Å². The molecule has 5 heteroatoms. The van der Waals surface area contributed by atoms with Crippen LogP contribution in [0.1, 0.15) is 36.6 Å². The van der Waals surface area contributed by atoms with E-state index in [1.54, 1.807) is 0 Å². The summed E-state index contributed by atoms with van der Waals surface area (Å²) in [5.74, 6) is 1.24. The minimum atomic E-state index is 0.390. The summed E-state index contributed by atoms with van der Waals surface area (Å²) < 4.78 is 0. The maximum atomic E-state index is 3.48. The Labute approximate surface area is 146 Å². The van der Waals surface area contributed by atoms with Gasteiger partial charge in [-0.05, 0) is 51.4 Å². The molecule has 2 heterocycles. The average Bonchev–Trinajstić information content (AvgIpc) is 3.12. The molecule has 0 amide bonds. The maximum Gasteiger partial charge on any atom is 0.0515 e. The largest absolute Gasteiger partial charge is 0.306 e. The van der Waals surface area contributed by atoms with E-state index < -0.39 is 0 Å². The van der Waals surface area contributed by atoms with Crippen molar-refractivity contribution in [3.05, 3.63) is 34.9 Å². The molecule has 4 atom stereocenters. The van der Waals surface area contributed by atoms with Gasteiger partial charge in [0.2, 0.25) is 0 Å². The van der Waals surface area contributed by atoms with Gasteiger partial charge in [0.05, 0.1) is 6.04 Å². The number of benzene rings is 1. The van der Waals surface area contributed by atoms with E-state index in [1.165, 1.54) is 16.7 Å². The molecule has 24 heavy (non-hydrogen) atoms. The Morgan fingerprint density at radius 2 is 1.71 bits per heavy atom. The summed E-state index contributed by atoms with van der Waals surface area (Å²) in [6, 6.07) is 8.29. The summed E-state index contributed by atoms with van der Waals surface area (Å²) in [6.45, 7) is 12.2. The van der Waals surface area contributed by atoms with Gasteiger partial charge < -0.3 is 4.90 Å². The predicted octanol–water partition coefficient (Wildman–Crippen LogP) is 1.50. The maximum absolute atomic E-state index is 3.48. The molecule has 4 N–H and O–H groups in total. The van der Waals surface area contributed by atoms with Gasteiger partial charge >= 0.3 is 0 Å². The molecule has 1 aromatic rings. The molecule has 0 radical (unpaired) electrons. The minimum Gasteiger partial charge on any atom is -0.306 e. The van der Waals surface area contributed by atoms with Gasteiger partial charge in [0.15, 0.2) is 0 Å². The van der Waals surface area contributed by atoms with Crippen molar-refractivity contribution in [1.29, 1.82) is 0 Å². The summed E-state index contributed by atoms with van der Waals surface area (Å²) in [6.07, 6.45) is 0. The van der Waals surface area contributed by atoms with Crippen LogP contribution in [0.3, 0.4) is 0 Å². The summed E-state index contributed by atoms with van der Waals surface area (Å²) in [5.41, 5.74) is 17.7. The molecular formula is C19H33N5.